The Balaban J connectivity index is 1.53. The second-order valence-corrected chi connectivity index (χ2v) is 8.00. The number of carbonyl (C=O) groups excluding carboxylic acids is 1. The molecule has 2 aromatic carbocycles. The first-order chi connectivity index (χ1) is 15.5. The SMILES string of the molecule is CC[C@@H](NC(=O)c1cn(-c2ccnc(Nc3ccccc3)c2)cc1C)c1cccc(C)c1. The number of nitrogens with zero attached hydrogens (tertiary/aromatic N) is 2. The third kappa shape index (κ3) is 4.89. The molecule has 0 aliphatic rings. The Kier molecular flexibility index (Phi) is 6.36. The predicted molar refractivity (Wildman–Crippen MR) is 130 cm³/mol. The van der Waals surface area contributed by atoms with Crippen molar-refractivity contribution >= 4 is 17.4 Å². The number of nitrogens with one attached hydrogen (secondary N) is 2. The molecule has 0 radical (unpaired) electrons. The average Bonchev–Trinajstić information content (AvgIpc) is 3.20. The van der Waals surface area contributed by atoms with Gasteiger partial charge < -0.3 is 15.2 Å². The van der Waals surface area contributed by atoms with E-state index in [0.29, 0.717) is 5.56 Å². The minimum absolute atomic E-state index is 0.0206. The molecule has 4 rings (SSSR count). The number of amides is 1. The summed E-state index contributed by atoms with van der Waals surface area (Å²) in [5.74, 6) is 0.683. The van der Waals surface area contributed by atoms with Crippen molar-refractivity contribution < 1.29 is 4.79 Å². The fourth-order valence-corrected chi connectivity index (χ4v) is 3.80. The summed E-state index contributed by atoms with van der Waals surface area (Å²) in [5, 5.41) is 6.51. The molecule has 0 saturated carbocycles. The number of hydrogen-bond acceptors (Lipinski definition) is 3. The van der Waals surface area contributed by atoms with Crippen LogP contribution in [-0.4, -0.2) is 15.5 Å². The fraction of sp³-hybridized carbons (Fsp3) is 0.185. The van der Waals surface area contributed by atoms with Crippen molar-refractivity contribution in [2.45, 2.75) is 33.2 Å². The van der Waals surface area contributed by atoms with Gasteiger partial charge in [-0.2, -0.15) is 0 Å². The van der Waals surface area contributed by atoms with Gasteiger partial charge in [-0.1, -0.05) is 55.0 Å². The monoisotopic (exact) mass is 424 g/mol. The molecular weight excluding hydrogens is 396 g/mol. The van der Waals surface area contributed by atoms with E-state index in [4.69, 9.17) is 0 Å². The molecule has 1 atom stereocenters. The van der Waals surface area contributed by atoms with Crippen molar-refractivity contribution in [1.82, 2.24) is 14.9 Å². The molecule has 0 spiro atoms. The second-order valence-electron chi connectivity index (χ2n) is 8.00. The van der Waals surface area contributed by atoms with Crippen LogP contribution in [0.1, 0.15) is 46.4 Å². The molecule has 0 aliphatic heterocycles. The molecule has 5 nitrogen and oxygen atoms in total. The van der Waals surface area contributed by atoms with Gasteiger partial charge in [-0.25, -0.2) is 4.98 Å². The van der Waals surface area contributed by atoms with Crippen LogP contribution in [0.4, 0.5) is 11.5 Å². The van der Waals surface area contributed by atoms with Gasteiger partial charge in [0, 0.05) is 30.3 Å². The minimum Gasteiger partial charge on any atom is -0.345 e. The number of pyridine rings is 1. The number of benzene rings is 2. The van der Waals surface area contributed by atoms with E-state index in [1.165, 1.54) is 5.56 Å². The van der Waals surface area contributed by atoms with Crippen LogP contribution in [0.25, 0.3) is 5.69 Å². The van der Waals surface area contributed by atoms with Crippen LogP contribution in [0.2, 0.25) is 0 Å². The Morgan fingerprint density at radius 1 is 1.00 bits per heavy atom. The first-order valence-electron chi connectivity index (χ1n) is 10.9. The summed E-state index contributed by atoms with van der Waals surface area (Å²) < 4.78 is 1.97. The van der Waals surface area contributed by atoms with E-state index in [9.17, 15) is 4.79 Å². The molecule has 0 aliphatic carbocycles. The summed E-state index contributed by atoms with van der Waals surface area (Å²) in [6.07, 6.45) is 6.45. The van der Waals surface area contributed by atoms with Crippen LogP contribution in [-0.2, 0) is 0 Å². The Bertz CT molecular complexity index is 1210. The smallest absolute Gasteiger partial charge is 0.253 e. The summed E-state index contributed by atoms with van der Waals surface area (Å²) in [6, 6.07) is 22.1. The van der Waals surface area contributed by atoms with Crippen LogP contribution in [0.5, 0.6) is 0 Å². The predicted octanol–water partition coefficient (Wildman–Crippen LogP) is 6.11. The zero-order valence-electron chi connectivity index (χ0n) is 18.7. The first-order valence-corrected chi connectivity index (χ1v) is 10.9. The van der Waals surface area contributed by atoms with E-state index < -0.39 is 0 Å². The van der Waals surface area contributed by atoms with Gasteiger partial charge in [0.2, 0.25) is 0 Å². The Hall–Kier alpha value is -3.86. The standard InChI is InChI=1S/C27H28N4O/c1-4-25(21-10-8-9-19(2)15-21)30-27(32)24-18-31(17-20(24)3)23-13-14-28-26(16-23)29-22-11-6-5-7-12-22/h5-18,25H,4H2,1-3H3,(H,28,29)(H,30,32)/t25-/m1/s1. The normalized spacial score (nSPS) is 11.7. The molecule has 32 heavy (non-hydrogen) atoms. The van der Waals surface area contributed by atoms with Crippen LogP contribution < -0.4 is 10.6 Å². The zero-order chi connectivity index (χ0) is 22.5. The maximum Gasteiger partial charge on any atom is 0.253 e. The lowest BCUT2D eigenvalue weighted by atomic mass is 10.0. The number of para-hydroxylation sites is 1. The highest BCUT2D eigenvalue weighted by molar-refractivity contribution is 5.96. The van der Waals surface area contributed by atoms with Gasteiger partial charge in [-0.05, 0) is 49.6 Å². The van der Waals surface area contributed by atoms with Crippen molar-refractivity contribution in [3.8, 4) is 5.69 Å². The number of hydrogen-bond donors (Lipinski definition) is 2. The lowest BCUT2D eigenvalue weighted by molar-refractivity contribution is 0.0935. The topological polar surface area (TPSA) is 59.0 Å². The quantitative estimate of drug-likeness (QED) is 0.376. The molecule has 0 fully saturated rings. The van der Waals surface area contributed by atoms with Gasteiger partial charge in [0.05, 0.1) is 17.3 Å². The molecule has 0 bridgehead atoms. The Morgan fingerprint density at radius 3 is 2.56 bits per heavy atom. The molecule has 2 N–H and O–H groups in total. The number of aromatic nitrogens is 2. The molecule has 0 saturated heterocycles. The van der Waals surface area contributed by atoms with Crippen LogP contribution in [0.15, 0.2) is 85.3 Å². The third-order valence-electron chi connectivity index (χ3n) is 5.52. The highest BCUT2D eigenvalue weighted by atomic mass is 16.1. The molecule has 162 valence electrons. The van der Waals surface area contributed by atoms with Crippen molar-refractivity contribution in [2.24, 2.45) is 0 Å². The maximum absolute atomic E-state index is 13.1. The molecule has 2 aromatic heterocycles. The molecule has 0 unspecified atom stereocenters. The lowest BCUT2D eigenvalue weighted by Gasteiger charge is -2.18. The van der Waals surface area contributed by atoms with Crippen LogP contribution >= 0.6 is 0 Å². The Morgan fingerprint density at radius 2 is 1.81 bits per heavy atom. The largest absolute Gasteiger partial charge is 0.345 e. The van der Waals surface area contributed by atoms with Gasteiger partial charge >= 0.3 is 0 Å². The molecule has 2 heterocycles. The molecule has 5 heteroatoms. The minimum atomic E-state index is -0.0636. The third-order valence-corrected chi connectivity index (χ3v) is 5.52. The fourth-order valence-electron chi connectivity index (χ4n) is 3.80. The van der Waals surface area contributed by atoms with Gasteiger partial charge in [-0.3, -0.25) is 4.79 Å². The second kappa shape index (κ2) is 9.52. The maximum atomic E-state index is 13.1. The van der Waals surface area contributed by atoms with Gasteiger partial charge in [-0.15, -0.1) is 0 Å². The number of rotatable bonds is 7. The van der Waals surface area contributed by atoms with Crippen LogP contribution in [0.3, 0.4) is 0 Å². The first kappa shape index (κ1) is 21.4. The lowest BCUT2D eigenvalue weighted by Crippen LogP contribution is -2.28. The van der Waals surface area contributed by atoms with Crippen LogP contribution in [0, 0.1) is 13.8 Å². The number of anilines is 2. The van der Waals surface area contributed by atoms with Gasteiger partial charge in [0.25, 0.3) is 5.91 Å². The van der Waals surface area contributed by atoms with Crippen molar-refractivity contribution in [1.29, 1.82) is 0 Å². The van der Waals surface area contributed by atoms with E-state index in [1.807, 2.05) is 72.4 Å². The summed E-state index contributed by atoms with van der Waals surface area (Å²) in [7, 11) is 0. The summed E-state index contributed by atoms with van der Waals surface area (Å²) in [5.41, 5.74) is 5.83. The molecule has 4 aromatic rings. The highest BCUT2D eigenvalue weighted by Gasteiger charge is 2.18. The number of carbonyl (C=O) groups is 1. The van der Waals surface area contributed by atoms with Crippen molar-refractivity contribution in [2.75, 3.05) is 5.32 Å². The number of aryl methyl sites for hydroxylation is 2. The van der Waals surface area contributed by atoms with Crippen molar-refractivity contribution in [3.63, 3.8) is 0 Å². The van der Waals surface area contributed by atoms with Crippen molar-refractivity contribution in [3.05, 3.63) is 108 Å². The molecule has 1 amide bonds. The average molecular weight is 425 g/mol. The Labute approximate surface area is 189 Å². The summed E-state index contributed by atoms with van der Waals surface area (Å²) in [6.45, 7) is 6.12. The zero-order valence-corrected chi connectivity index (χ0v) is 18.7. The summed E-state index contributed by atoms with van der Waals surface area (Å²) >= 11 is 0. The van der Waals surface area contributed by atoms with E-state index in [1.54, 1.807) is 6.20 Å². The van der Waals surface area contributed by atoms with E-state index in [-0.39, 0.29) is 11.9 Å². The van der Waals surface area contributed by atoms with Gasteiger partial charge in [0.1, 0.15) is 5.82 Å². The highest BCUT2D eigenvalue weighted by Crippen LogP contribution is 2.22. The van der Waals surface area contributed by atoms with E-state index in [2.05, 4.69) is 47.7 Å². The van der Waals surface area contributed by atoms with E-state index in [0.717, 1.165) is 34.7 Å². The molecular formula is C27H28N4O. The summed E-state index contributed by atoms with van der Waals surface area (Å²) in [4.78, 5) is 17.5. The van der Waals surface area contributed by atoms with Gasteiger partial charge in [0.15, 0.2) is 0 Å². The van der Waals surface area contributed by atoms with E-state index >= 15 is 0 Å².